The number of hydrogen-bond acceptors (Lipinski definition) is 6. The van der Waals surface area contributed by atoms with Crippen LogP contribution in [0, 0.1) is 5.92 Å². The monoisotopic (exact) mass is 454 g/mol. The van der Waals surface area contributed by atoms with Crippen molar-refractivity contribution in [3.05, 3.63) is 59.4 Å². The van der Waals surface area contributed by atoms with Crippen LogP contribution in [0.15, 0.2) is 42.6 Å². The van der Waals surface area contributed by atoms with Crippen LogP contribution in [0.1, 0.15) is 37.1 Å². The summed E-state index contributed by atoms with van der Waals surface area (Å²) in [7, 11) is 4.81. The van der Waals surface area contributed by atoms with Crippen molar-refractivity contribution in [3.63, 3.8) is 0 Å². The molecule has 1 amide bonds. The van der Waals surface area contributed by atoms with E-state index in [1.165, 1.54) is 0 Å². The lowest BCUT2D eigenvalue weighted by Crippen LogP contribution is -2.76. The number of pyridine rings is 1. The molecule has 0 bridgehead atoms. The first-order valence-corrected chi connectivity index (χ1v) is 11.1. The minimum Gasteiger partial charge on any atom is -0.496 e. The first kappa shape index (κ1) is 24.9. The van der Waals surface area contributed by atoms with E-state index in [2.05, 4.69) is 18.8 Å². The summed E-state index contributed by atoms with van der Waals surface area (Å²) in [5.74, 6) is 1.10. The molecule has 3 rings (SSSR count). The van der Waals surface area contributed by atoms with Gasteiger partial charge in [0.2, 0.25) is 0 Å². The van der Waals surface area contributed by atoms with E-state index in [0.29, 0.717) is 12.3 Å². The molecule has 2 atom stereocenters. The Morgan fingerprint density at radius 1 is 1.12 bits per heavy atom. The molecule has 7 heteroatoms. The lowest BCUT2D eigenvalue weighted by Gasteiger charge is -2.55. The average molecular weight is 455 g/mol. The largest absolute Gasteiger partial charge is 0.496 e. The minimum absolute atomic E-state index is 0.0363. The van der Waals surface area contributed by atoms with Gasteiger partial charge in [-0.25, -0.2) is 0 Å². The fraction of sp³-hybridized carbons (Fsp3) is 0.462. The standard InChI is InChI=1S/C26H34N2O5/c1-19(2)14-24-26(33-18-31-4,25(29)28(24)17-30-3)16-22-15-20(12-13-27-22)10-11-21-8-6-7-9-23(21)32-5/h6-13,15,19,24H,14,16-18H2,1-5H3/b11-10+/t24-,26-/m0/s1. The third kappa shape index (κ3) is 5.61. The summed E-state index contributed by atoms with van der Waals surface area (Å²) in [6.07, 6.45) is 6.94. The van der Waals surface area contributed by atoms with Crippen LogP contribution >= 0.6 is 0 Å². The van der Waals surface area contributed by atoms with Gasteiger partial charge in [-0.05, 0) is 36.1 Å². The van der Waals surface area contributed by atoms with Gasteiger partial charge in [-0.15, -0.1) is 0 Å². The van der Waals surface area contributed by atoms with E-state index in [1.807, 2.05) is 48.6 Å². The molecule has 0 unspecified atom stereocenters. The zero-order chi connectivity index (χ0) is 23.8. The molecule has 1 aliphatic heterocycles. The molecule has 1 aromatic carbocycles. The van der Waals surface area contributed by atoms with E-state index < -0.39 is 5.60 Å². The van der Waals surface area contributed by atoms with Crippen LogP contribution in [-0.4, -0.2) is 62.3 Å². The van der Waals surface area contributed by atoms with Gasteiger partial charge in [-0.2, -0.15) is 0 Å². The summed E-state index contributed by atoms with van der Waals surface area (Å²) >= 11 is 0. The van der Waals surface area contributed by atoms with Gasteiger partial charge in [0.1, 0.15) is 19.3 Å². The van der Waals surface area contributed by atoms with Gasteiger partial charge in [0.05, 0.1) is 13.2 Å². The van der Waals surface area contributed by atoms with Gasteiger partial charge in [0, 0.05) is 38.1 Å². The summed E-state index contributed by atoms with van der Waals surface area (Å²) in [5, 5.41) is 0. The van der Waals surface area contributed by atoms with Gasteiger partial charge in [-0.3, -0.25) is 9.78 Å². The molecule has 0 spiro atoms. The first-order valence-electron chi connectivity index (χ1n) is 11.1. The fourth-order valence-corrected chi connectivity index (χ4v) is 4.29. The Morgan fingerprint density at radius 3 is 2.61 bits per heavy atom. The van der Waals surface area contributed by atoms with Crippen LogP contribution < -0.4 is 4.74 Å². The summed E-state index contributed by atoms with van der Waals surface area (Å²) in [6, 6.07) is 11.6. The Balaban J connectivity index is 1.86. The molecule has 1 aromatic heterocycles. The molecule has 1 fully saturated rings. The third-order valence-electron chi connectivity index (χ3n) is 5.81. The molecule has 1 saturated heterocycles. The predicted octanol–water partition coefficient (Wildman–Crippen LogP) is 4.02. The second-order valence-electron chi connectivity index (χ2n) is 8.61. The molecule has 2 heterocycles. The maximum absolute atomic E-state index is 13.3. The van der Waals surface area contributed by atoms with Crippen LogP contribution in [0.2, 0.25) is 0 Å². The predicted molar refractivity (Wildman–Crippen MR) is 128 cm³/mol. The highest BCUT2D eigenvalue weighted by Crippen LogP contribution is 2.40. The van der Waals surface area contributed by atoms with Gasteiger partial charge in [0.25, 0.3) is 5.91 Å². The number of para-hydroxylation sites is 1. The van der Waals surface area contributed by atoms with E-state index >= 15 is 0 Å². The minimum atomic E-state index is -1.02. The van der Waals surface area contributed by atoms with Gasteiger partial charge in [0.15, 0.2) is 5.60 Å². The van der Waals surface area contributed by atoms with Crippen molar-refractivity contribution in [2.24, 2.45) is 5.92 Å². The zero-order valence-electron chi connectivity index (χ0n) is 20.1. The molecule has 7 nitrogen and oxygen atoms in total. The summed E-state index contributed by atoms with van der Waals surface area (Å²) < 4.78 is 21.9. The SMILES string of the molecule is COCO[C@]1(Cc2cc(/C=C/c3ccccc3OC)ccn2)C(=O)N(COC)[C@H]1CC(C)C. The van der Waals surface area contributed by atoms with Crippen molar-refractivity contribution in [2.75, 3.05) is 34.9 Å². The molecule has 0 N–H and O–H groups in total. The van der Waals surface area contributed by atoms with Crippen LogP contribution in [0.3, 0.4) is 0 Å². The van der Waals surface area contributed by atoms with E-state index in [0.717, 1.165) is 29.0 Å². The van der Waals surface area contributed by atoms with Crippen molar-refractivity contribution in [2.45, 2.75) is 38.3 Å². The van der Waals surface area contributed by atoms with Crippen LogP contribution in [0.4, 0.5) is 0 Å². The van der Waals surface area contributed by atoms with Gasteiger partial charge in [-0.1, -0.05) is 44.2 Å². The Hall–Kier alpha value is -2.74. The molecule has 1 aliphatic rings. The maximum atomic E-state index is 13.3. The van der Waals surface area contributed by atoms with Crippen LogP contribution in [-0.2, 0) is 25.4 Å². The maximum Gasteiger partial charge on any atom is 0.259 e. The topological polar surface area (TPSA) is 70.1 Å². The number of likely N-dealkylation sites (tertiary alicyclic amines) is 1. The summed E-state index contributed by atoms with van der Waals surface area (Å²) in [6.45, 7) is 4.55. The van der Waals surface area contributed by atoms with E-state index in [4.69, 9.17) is 18.9 Å². The fourth-order valence-electron chi connectivity index (χ4n) is 4.29. The van der Waals surface area contributed by atoms with Crippen molar-refractivity contribution < 1.29 is 23.7 Å². The number of benzene rings is 1. The van der Waals surface area contributed by atoms with Crippen molar-refractivity contribution in [3.8, 4) is 5.75 Å². The van der Waals surface area contributed by atoms with Gasteiger partial charge >= 0.3 is 0 Å². The second-order valence-corrected chi connectivity index (χ2v) is 8.61. The number of amides is 1. The highest BCUT2D eigenvalue weighted by molar-refractivity contribution is 5.93. The molecular weight excluding hydrogens is 420 g/mol. The van der Waals surface area contributed by atoms with Crippen molar-refractivity contribution in [1.82, 2.24) is 9.88 Å². The molecule has 0 radical (unpaired) electrons. The number of nitrogens with zero attached hydrogens (tertiary/aromatic N) is 2. The first-order chi connectivity index (χ1) is 15.9. The molecule has 178 valence electrons. The van der Waals surface area contributed by atoms with Crippen LogP contribution in [0.25, 0.3) is 12.2 Å². The molecular formula is C26H34N2O5. The van der Waals surface area contributed by atoms with Gasteiger partial charge < -0.3 is 23.8 Å². The number of β-lactam (4-membered cyclic amide) rings is 1. The normalized spacial score (nSPS) is 20.5. The molecule has 0 saturated carbocycles. The zero-order valence-corrected chi connectivity index (χ0v) is 20.1. The van der Waals surface area contributed by atoms with E-state index in [9.17, 15) is 4.79 Å². The highest BCUT2D eigenvalue weighted by Gasteiger charge is 2.61. The Labute approximate surface area is 196 Å². The summed E-state index contributed by atoms with van der Waals surface area (Å²) in [4.78, 5) is 19.5. The quantitative estimate of drug-likeness (QED) is 0.356. The summed E-state index contributed by atoms with van der Waals surface area (Å²) in [5.41, 5.74) is 1.73. The molecule has 2 aromatic rings. The number of methoxy groups -OCH3 is 3. The number of ether oxygens (including phenoxy) is 4. The molecule has 33 heavy (non-hydrogen) atoms. The number of hydrogen-bond donors (Lipinski definition) is 0. The lowest BCUT2D eigenvalue weighted by molar-refractivity contribution is -0.235. The average Bonchev–Trinajstić information content (AvgIpc) is 2.83. The van der Waals surface area contributed by atoms with E-state index in [1.54, 1.807) is 32.4 Å². The molecule has 0 aliphatic carbocycles. The Kier molecular flexibility index (Phi) is 8.61. The Bertz CT molecular complexity index is 961. The number of aromatic nitrogens is 1. The van der Waals surface area contributed by atoms with Crippen LogP contribution in [0.5, 0.6) is 5.75 Å². The smallest absolute Gasteiger partial charge is 0.259 e. The van der Waals surface area contributed by atoms with Crippen molar-refractivity contribution in [1.29, 1.82) is 0 Å². The highest BCUT2D eigenvalue weighted by atomic mass is 16.7. The van der Waals surface area contributed by atoms with E-state index in [-0.39, 0.29) is 25.5 Å². The second kappa shape index (κ2) is 11.4. The van der Waals surface area contributed by atoms with Crippen molar-refractivity contribution >= 4 is 18.1 Å². The lowest BCUT2D eigenvalue weighted by atomic mass is 9.75. The number of rotatable bonds is 12. The number of carbonyl (C=O) groups is 1. The third-order valence-corrected chi connectivity index (χ3v) is 5.81. The number of carbonyl (C=O) groups excluding carboxylic acids is 1. The Morgan fingerprint density at radius 2 is 1.91 bits per heavy atom.